The van der Waals surface area contributed by atoms with Crippen LogP contribution in [0, 0.1) is 5.92 Å². The summed E-state index contributed by atoms with van der Waals surface area (Å²) in [6.07, 6.45) is 1.49. The Labute approximate surface area is 252 Å². The molecule has 1 aliphatic heterocycles. The number of aromatic amines is 1. The first-order valence-electron chi connectivity index (χ1n) is 13.9. The Morgan fingerprint density at radius 1 is 1.12 bits per heavy atom. The van der Waals surface area contributed by atoms with Gasteiger partial charge < -0.3 is 20.1 Å². The maximum absolute atomic E-state index is 13.1. The van der Waals surface area contributed by atoms with Crippen molar-refractivity contribution in [2.24, 2.45) is 5.92 Å². The predicted molar refractivity (Wildman–Crippen MR) is 164 cm³/mol. The summed E-state index contributed by atoms with van der Waals surface area (Å²) in [5.41, 5.74) is 2.48. The number of para-hydroxylation sites is 2. The van der Waals surface area contributed by atoms with Gasteiger partial charge in [0, 0.05) is 31.1 Å². The Hall–Kier alpha value is -3.96. The Morgan fingerprint density at radius 3 is 2.57 bits per heavy atom. The lowest BCUT2D eigenvalue weighted by molar-refractivity contribution is -0.131. The molecule has 42 heavy (non-hydrogen) atoms. The fourth-order valence-electron chi connectivity index (χ4n) is 5.32. The van der Waals surface area contributed by atoms with E-state index in [2.05, 4.69) is 15.3 Å². The molecular formula is C30H33ClN6O4S. The lowest BCUT2D eigenvalue weighted by Crippen LogP contribution is -2.41. The highest BCUT2D eigenvalue weighted by atomic mass is 35.5. The minimum Gasteiger partial charge on any atom is -0.342 e. The third kappa shape index (κ3) is 6.74. The molecule has 0 atom stereocenters. The number of halogens is 1. The monoisotopic (exact) mass is 608 g/mol. The molecule has 220 valence electrons. The van der Waals surface area contributed by atoms with Crippen molar-refractivity contribution < 1.29 is 14.4 Å². The molecule has 0 unspecified atom stereocenters. The Morgan fingerprint density at radius 2 is 1.83 bits per heavy atom. The topological polar surface area (TPSA) is 120 Å². The van der Waals surface area contributed by atoms with E-state index in [1.54, 1.807) is 39.1 Å². The summed E-state index contributed by atoms with van der Waals surface area (Å²) in [5, 5.41) is 5.22. The highest BCUT2D eigenvalue weighted by Gasteiger charge is 2.27. The van der Waals surface area contributed by atoms with Gasteiger partial charge in [0.25, 0.3) is 5.91 Å². The number of benzene rings is 2. The fourth-order valence-corrected chi connectivity index (χ4v) is 6.26. The van der Waals surface area contributed by atoms with E-state index in [0.717, 1.165) is 11.0 Å². The van der Waals surface area contributed by atoms with Crippen molar-refractivity contribution in [2.75, 3.05) is 31.5 Å². The summed E-state index contributed by atoms with van der Waals surface area (Å²) >= 11 is 7.46. The van der Waals surface area contributed by atoms with Gasteiger partial charge in [-0.05, 0) is 43.0 Å². The van der Waals surface area contributed by atoms with Crippen LogP contribution in [0.2, 0.25) is 5.02 Å². The van der Waals surface area contributed by atoms with Crippen LogP contribution in [0.15, 0.2) is 58.7 Å². The van der Waals surface area contributed by atoms with Crippen LogP contribution in [0.3, 0.4) is 0 Å². The molecule has 1 fully saturated rings. The lowest BCUT2D eigenvalue weighted by atomic mass is 10.0. The third-order valence-corrected chi connectivity index (χ3v) is 8.38. The molecular weight excluding hydrogens is 576 g/mol. The van der Waals surface area contributed by atoms with E-state index in [-0.39, 0.29) is 48.3 Å². The van der Waals surface area contributed by atoms with Crippen molar-refractivity contribution in [3.63, 3.8) is 0 Å². The molecule has 12 heteroatoms. The van der Waals surface area contributed by atoms with Crippen LogP contribution in [0.1, 0.15) is 48.8 Å². The van der Waals surface area contributed by atoms with Crippen molar-refractivity contribution in [1.82, 2.24) is 24.3 Å². The smallest absolute Gasteiger partial charge is 0.326 e. The quantitative estimate of drug-likeness (QED) is 0.288. The molecule has 4 aromatic rings. The summed E-state index contributed by atoms with van der Waals surface area (Å²) in [6, 6.07) is 14.4. The summed E-state index contributed by atoms with van der Waals surface area (Å²) in [6.45, 7) is 5.28. The second-order valence-corrected chi connectivity index (χ2v) is 12.1. The number of nitrogens with zero attached hydrogens (tertiary/aromatic N) is 4. The summed E-state index contributed by atoms with van der Waals surface area (Å²) in [7, 11) is 0. The van der Waals surface area contributed by atoms with Crippen LogP contribution >= 0.6 is 22.9 Å². The SMILES string of the molecule is CC(C)CN(CC(=O)Nc1nc(CC(=O)N2CCC(n3c(=O)[nH]c4ccccc43)CC2)cs1)C(=O)c1ccccc1Cl. The molecule has 0 aliphatic carbocycles. The Bertz CT molecular complexity index is 1650. The summed E-state index contributed by atoms with van der Waals surface area (Å²) in [5.74, 6) is -0.586. The Balaban J connectivity index is 1.15. The third-order valence-electron chi connectivity index (χ3n) is 7.25. The molecule has 10 nitrogen and oxygen atoms in total. The number of aromatic nitrogens is 3. The van der Waals surface area contributed by atoms with Crippen LogP contribution in [0.4, 0.5) is 5.13 Å². The number of likely N-dealkylation sites (tertiary alicyclic amines) is 1. The first-order valence-corrected chi connectivity index (χ1v) is 15.2. The largest absolute Gasteiger partial charge is 0.342 e. The number of rotatable bonds is 9. The van der Waals surface area contributed by atoms with E-state index in [9.17, 15) is 19.2 Å². The molecule has 0 saturated carbocycles. The van der Waals surface area contributed by atoms with Crippen molar-refractivity contribution >= 4 is 56.8 Å². The van der Waals surface area contributed by atoms with E-state index in [1.165, 1.54) is 16.2 Å². The van der Waals surface area contributed by atoms with Crippen LogP contribution in [-0.2, 0) is 16.0 Å². The molecule has 2 aromatic heterocycles. The minimum absolute atomic E-state index is 0.0267. The van der Waals surface area contributed by atoms with E-state index in [0.29, 0.717) is 53.9 Å². The standard InChI is InChI=1S/C30H33ClN6O4S/c1-19(2)16-36(28(40)22-7-3-4-8-23(22)31)17-26(38)34-29-32-20(18-42-29)15-27(39)35-13-11-21(12-14-35)37-25-10-6-5-9-24(25)33-30(37)41/h3-10,18-19,21H,11-17H2,1-2H3,(H,33,41)(H,32,34,38). The van der Waals surface area contributed by atoms with Crippen molar-refractivity contribution in [1.29, 1.82) is 0 Å². The number of hydrogen-bond acceptors (Lipinski definition) is 6. The van der Waals surface area contributed by atoms with Crippen LogP contribution in [-0.4, -0.2) is 68.2 Å². The van der Waals surface area contributed by atoms with Gasteiger partial charge in [-0.3, -0.25) is 19.0 Å². The van der Waals surface area contributed by atoms with Gasteiger partial charge in [0.05, 0.1) is 33.7 Å². The van der Waals surface area contributed by atoms with Crippen molar-refractivity contribution in [2.45, 2.75) is 39.2 Å². The van der Waals surface area contributed by atoms with Gasteiger partial charge >= 0.3 is 5.69 Å². The molecule has 0 radical (unpaired) electrons. The highest BCUT2D eigenvalue weighted by Crippen LogP contribution is 2.26. The van der Waals surface area contributed by atoms with Crippen molar-refractivity contribution in [3.8, 4) is 0 Å². The van der Waals surface area contributed by atoms with E-state index >= 15 is 0 Å². The van der Waals surface area contributed by atoms with Gasteiger partial charge in [-0.2, -0.15) is 0 Å². The lowest BCUT2D eigenvalue weighted by Gasteiger charge is -2.32. The number of fused-ring (bicyclic) bond motifs is 1. The van der Waals surface area contributed by atoms with Crippen LogP contribution in [0.25, 0.3) is 11.0 Å². The number of imidazole rings is 1. The molecule has 3 amide bonds. The van der Waals surface area contributed by atoms with Gasteiger partial charge in [0.15, 0.2) is 5.13 Å². The number of piperidine rings is 1. The first kappa shape index (κ1) is 29.5. The normalized spacial score (nSPS) is 14.0. The molecule has 1 aliphatic rings. The van der Waals surface area contributed by atoms with Crippen molar-refractivity contribution in [3.05, 3.63) is 80.7 Å². The van der Waals surface area contributed by atoms with E-state index in [4.69, 9.17) is 11.6 Å². The number of H-pyrrole nitrogens is 1. The number of nitrogens with one attached hydrogen (secondary N) is 2. The minimum atomic E-state index is -0.377. The molecule has 0 bridgehead atoms. The molecule has 1 saturated heterocycles. The fraction of sp³-hybridized carbons (Fsp3) is 0.367. The average Bonchev–Trinajstić information content (AvgIpc) is 3.54. The van der Waals surface area contributed by atoms with E-state index < -0.39 is 0 Å². The molecule has 3 heterocycles. The average molecular weight is 609 g/mol. The number of hydrogen-bond donors (Lipinski definition) is 2. The highest BCUT2D eigenvalue weighted by molar-refractivity contribution is 7.13. The molecule has 2 aromatic carbocycles. The van der Waals surface area contributed by atoms with Gasteiger partial charge in [-0.1, -0.05) is 49.7 Å². The molecule has 0 spiro atoms. The van der Waals surface area contributed by atoms with Gasteiger partial charge in [0.1, 0.15) is 6.54 Å². The number of thiazole rings is 1. The zero-order chi connectivity index (χ0) is 29.8. The summed E-state index contributed by atoms with van der Waals surface area (Å²) < 4.78 is 1.80. The van der Waals surface area contributed by atoms with Gasteiger partial charge in [-0.25, -0.2) is 9.78 Å². The van der Waals surface area contributed by atoms with Gasteiger partial charge in [-0.15, -0.1) is 11.3 Å². The zero-order valence-corrected chi connectivity index (χ0v) is 25.1. The maximum Gasteiger partial charge on any atom is 0.326 e. The molecule has 2 N–H and O–H groups in total. The predicted octanol–water partition coefficient (Wildman–Crippen LogP) is 4.58. The molecule has 5 rings (SSSR count). The zero-order valence-electron chi connectivity index (χ0n) is 23.5. The van der Waals surface area contributed by atoms with Crippen LogP contribution in [0.5, 0.6) is 0 Å². The first-order chi connectivity index (χ1) is 20.2. The number of carbonyl (C=O) groups excluding carboxylic acids is 3. The number of carbonyl (C=O) groups is 3. The van der Waals surface area contributed by atoms with Gasteiger partial charge in [0.2, 0.25) is 11.8 Å². The number of amides is 3. The van der Waals surface area contributed by atoms with E-state index in [1.807, 2.05) is 38.1 Å². The second-order valence-electron chi connectivity index (χ2n) is 10.9. The summed E-state index contributed by atoms with van der Waals surface area (Å²) in [4.78, 5) is 62.2. The second kappa shape index (κ2) is 12.9. The maximum atomic E-state index is 13.1. The Kier molecular flexibility index (Phi) is 9.08. The van der Waals surface area contributed by atoms with Crippen LogP contribution < -0.4 is 11.0 Å². The number of anilines is 1.